The first-order valence-corrected chi connectivity index (χ1v) is 4.78. The summed E-state index contributed by atoms with van der Waals surface area (Å²) in [4.78, 5) is 4.24. The minimum absolute atomic E-state index is 0.266. The van der Waals surface area contributed by atoms with E-state index in [9.17, 15) is 4.39 Å². The van der Waals surface area contributed by atoms with Crippen molar-refractivity contribution < 1.29 is 4.39 Å². The van der Waals surface area contributed by atoms with Crippen LogP contribution in [-0.4, -0.2) is 24.8 Å². The normalized spacial score (nSPS) is 11.1. The molecule has 80 valence electrons. The van der Waals surface area contributed by atoms with Crippen LogP contribution in [0, 0.1) is 12.7 Å². The Labute approximate surface area is 89.9 Å². The van der Waals surface area contributed by atoms with Crippen molar-refractivity contribution in [3.05, 3.63) is 35.9 Å². The molecule has 5 nitrogen and oxygen atoms in total. The maximum atomic E-state index is 12.8. The van der Waals surface area contributed by atoms with Gasteiger partial charge in [0.1, 0.15) is 5.82 Å². The van der Waals surface area contributed by atoms with Gasteiger partial charge >= 0.3 is 0 Å². The summed E-state index contributed by atoms with van der Waals surface area (Å²) in [6.07, 6.45) is 0. The largest absolute Gasteiger partial charge is 0.272 e. The van der Waals surface area contributed by atoms with E-state index in [1.54, 1.807) is 16.6 Å². The number of H-pyrrole nitrogens is 1. The van der Waals surface area contributed by atoms with E-state index in [1.165, 1.54) is 12.1 Å². The number of aryl methyl sites for hydroxylation is 1. The van der Waals surface area contributed by atoms with Gasteiger partial charge in [0.2, 0.25) is 0 Å². The van der Waals surface area contributed by atoms with E-state index >= 15 is 0 Å². The number of nitrogens with zero attached hydrogens (tertiary/aromatic N) is 4. The first-order chi connectivity index (χ1) is 7.74. The summed E-state index contributed by atoms with van der Waals surface area (Å²) in [6, 6.07) is 6.12. The van der Waals surface area contributed by atoms with Gasteiger partial charge in [-0.1, -0.05) is 0 Å². The summed E-state index contributed by atoms with van der Waals surface area (Å²) in [6.45, 7) is 1.83. The molecule has 0 amide bonds. The van der Waals surface area contributed by atoms with Gasteiger partial charge in [0.15, 0.2) is 11.6 Å². The van der Waals surface area contributed by atoms with Crippen LogP contribution >= 0.6 is 0 Å². The van der Waals surface area contributed by atoms with E-state index in [1.807, 2.05) is 6.92 Å². The van der Waals surface area contributed by atoms with Crippen LogP contribution in [0.1, 0.15) is 5.82 Å². The zero-order valence-corrected chi connectivity index (χ0v) is 8.48. The molecule has 2 aromatic heterocycles. The molecule has 1 N–H and O–H groups in total. The van der Waals surface area contributed by atoms with E-state index < -0.39 is 0 Å². The number of nitrogens with one attached hydrogen (secondary N) is 1. The first kappa shape index (κ1) is 9.02. The lowest BCUT2D eigenvalue weighted by atomic mass is 10.2. The zero-order valence-electron chi connectivity index (χ0n) is 8.48. The molecule has 3 aromatic rings. The molecule has 0 bridgehead atoms. The number of aromatic nitrogens is 5. The number of hydrogen-bond donors (Lipinski definition) is 1. The van der Waals surface area contributed by atoms with Gasteiger partial charge in [-0.25, -0.2) is 8.91 Å². The molecule has 16 heavy (non-hydrogen) atoms. The van der Waals surface area contributed by atoms with Gasteiger partial charge in [-0.05, 0) is 31.2 Å². The molecule has 0 spiro atoms. The summed E-state index contributed by atoms with van der Waals surface area (Å²) in [7, 11) is 0. The van der Waals surface area contributed by atoms with Crippen molar-refractivity contribution in [2.45, 2.75) is 6.92 Å². The molecule has 1 aromatic carbocycles. The Kier molecular flexibility index (Phi) is 1.76. The second kappa shape index (κ2) is 3.13. The summed E-state index contributed by atoms with van der Waals surface area (Å²) in [5.74, 6) is 1.62. The summed E-state index contributed by atoms with van der Waals surface area (Å²) in [5.41, 5.74) is 0.811. The highest BCUT2D eigenvalue weighted by molar-refractivity contribution is 5.56. The lowest BCUT2D eigenvalue weighted by Gasteiger charge is -1.95. The van der Waals surface area contributed by atoms with Gasteiger partial charge in [-0.15, -0.1) is 10.2 Å². The fourth-order valence-corrected chi connectivity index (χ4v) is 1.52. The Morgan fingerprint density at radius 1 is 1.19 bits per heavy atom. The molecule has 3 rings (SSSR count). The standard InChI is InChI=1S/C10H8FN5/c1-6-13-14-10-12-9(15-16(6)10)7-2-4-8(11)5-3-7/h2-5H,1H3,(H,12,14,15). The van der Waals surface area contributed by atoms with Gasteiger partial charge in [0, 0.05) is 5.56 Å². The summed E-state index contributed by atoms with van der Waals surface area (Å²) >= 11 is 0. The van der Waals surface area contributed by atoms with E-state index in [4.69, 9.17) is 0 Å². The van der Waals surface area contributed by atoms with Crippen LogP contribution in [-0.2, 0) is 0 Å². The molecule has 0 aliphatic heterocycles. The quantitative estimate of drug-likeness (QED) is 0.673. The van der Waals surface area contributed by atoms with Crippen molar-refractivity contribution in [2.75, 3.05) is 0 Å². The van der Waals surface area contributed by atoms with Crippen LogP contribution in [0.2, 0.25) is 0 Å². The topological polar surface area (TPSA) is 58.9 Å². The smallest absolute Gasteiger partial charge is 0.272 e. The number of fused-ring (bicyclic) bond motifs is 1. The second-order valence-electron chi connectivity index (χ2n) is 3.46. The SMILES string of the molecule is Cc1nnc2nc(-c3ccc(F)cc3)[nH]n12. The lowest BCUT2D eigenvalue weighted by molar-refractivity contribution is 0.628. The zero-order chi connectivity index (χ0) is 11.1. The van der Waals surface area contributed by atoms with Crippen molar-refractivity contribution in [3.8, 4) is 11.4 Å². The van der Waals surface area contributed by atoms with Gasteiger partial charge < -0.3 is 0 Å². The van der Waals surface area contributed by atoms with Crippen molar-refractivity contribution in [2.24, 2.45) is 0 Å². The maximum Gasteiger partial charge on any atom is 0.272 e. The molecule has 0 saturated carbocycles. The Morgan fingerprint density at radius 2 is 1.94 bits per heavy atom. The van der Waals surface area contributed by atoms with Crippen LogP contribution in [0.3, 0.4) is 0 Å². The average molecular weight is 217 g/mol. The average Bonchev–Trinajstić information content (AvgIpc) is 2.83. The Morgan fingerprint density at radius 3 is 2.62 bits per heavy atom. The van der Waals surface area contributed by atoms with Gasteiger partial charge in [-0.2, -0.15) is 4.98 Å². The lowest BCUT2D eigenvalue weighted by Crippen LogP contribution is -1.88. The molecule has 0 radical (unpaired) electrons. The minimum atomic E-state index is -0.266. The highest BCUT2D eigenvalue weighted by Gasteiger charge is 2.08. The first-order valence-electron chi connectivity index (χ1n) is 4.78. The number of halogens is 1. The van der Waals surface area contributed by atoms with Crippen molar-refractivity contribution in [3.63, 3.8) is 0 Å². The molecule has 0 saturated heterocycles. The number of hydrogen-bond acceptors (Lipinski definition) is 3. The molecule has 2 heterocycles. The van der Waals surface area contributed by atoms with E-state index in [0.29, 0.717) is 11.6 Å². The van der Waals surface area contributed by atoms with E-state index in [0.717, 1.165) is 11.4 Å². The molecule has 0 aliphatic rings. The molecule has 0 atom stereocenters. The number of aromatic amines is 1. The van der Waals surface area contributed by atoms with Gasteiger partial charge in [0.25, 0.3) is 5.78 Å². The number of rotatable bonds is 1. The van der Waals surface area contributed by atoms with Crippen molar-refractivity contribution >= 4 is 5.78 Å². The number of benzene rings is 1. The van der Waals surface area contributed by atoms with Gasteiger partial charge in [0.05, 0.1) is 0 Å². The monoisotopic (exact) mass is 217 g/mol. The van der Waals surface area contributed by atoms with Crippen molar-refractivity contribution in [1.82, 2.24) is 24.8 Å². The fourth-order valence-electron chi connectivity index (χ4n) is 1.52. The van der Waals surface area contributed by atoms with Crippen molar-refractivity contribution in [1.29, 1.82) is 0 Å². The highest BCUT2D eigenvalue weighted by atomic mass is 19.1. The van der Waals surface area contributed by atoms with Crippen LogP contribution in [0.5, 0.6) is 0 Å². The molecule has 0 aliphatic carbocycles. The molecule has 0 fully saturated rings. The van der Waals surface area contributed by atoms with E-state index in [-0.39, 0.29) is 5.82 Å². The predicted molar refractivity (Wildman–Crippen MR) is 55.3 cm³/mol. The molecular weight excluding hydrogens is 209 g/mol. The molecule has 6 heteroatoms. The van der Waals surface area contributed by atoms with E-state index in [2.05, 4.69) is 20.3 Å². The van der Waals surface area contributed by atoms with Crippen LogP contribution in [0.4, 0.5) is 4.39 Å². The van der Waals surface area contributed by atoms with Crippen LogP contribution < -0.4 is 0 Å². The Balaban J connectivity index is 2.15. The third-order valence-corrected chi connectivity index (χ3v) is 2.35. The third-order valence-electron chi connectivity index (χ3n) is 2.35. The maximum absolute atomic E-state index is 12.8. The third kappa shape index (κ3) is 1.27. The van der Waals surface area contributed by atoms with Crippen LogP contribution in [0.25, 0.3) is 17.2 Å². The predicted octanol–water partition coefficient (Wildman–Crippen LogP) is 1.57. The summed E-state index contributed by atoms with van der Waals surface area (Å²) < 4.78 is 14.4. The van der Waals surface area contributed by atoms with Crippen LogP contribution in [0.15, 0.2) is 24.3 Å². The Hall–Kier alpha value is -2.24. The van der Waals surface area contributed by atoms with Gasteiger partial charge in [-0.3, -0.25) is 5.10 Å². The highest BCUT2D eigenvalue weighted by Crippen LogP contribution is 2.16. The molecular formula is C10H8FN5. The fraction of sp³-hybridized carbons (Fsp3) is 0.100. The Bertz CT molecular complexity index is 637. The molecule has 0 unspecified atom stereocenters. The summed E-state index contributed by atoms with van der Waals surface area (Å²) in [5, 5.41) is 10.8. The minimum Gasteiger partial charge on any atom is -0.272 e. The second-order valence-corrected chi connectivity index (χ2v) is 3.46.